The van der Waals surface area contributed by atoms with Gasteiger partial charge in [-0.05, 0) is 67.7 Å². The van der Waals surface area contributed by atoms with Crippen molar-refractivity contribution in [2.45, 2.75) is 62.6 Å². The van der Waals surface area contributed by atoms with Gasteiger partial charge < -0.3 is 15.5 Å². The summed E-state index contributed by atoms with van der Waals surface area (Å²) in [6, 6.07) is 9.81. The minimum atomic E-state index is -1.10. The molecule has 0 bridgehead atoms. The quantitative estimate of drug-likeness (QED) is 0.274. The summed E-state index contributed by atoms with van der Waals surface area (Å²) in [6.45, 7) is 8.04. The van der Waals surface area contributed by atoms with E-state index in [1.54, 1.807) is 12.2 Å². The van der Waals surface area contributed by atoms with Crippen LogP contribution in [0.5, 0.6) is 0 Å². The number of urea groups is 1. The van der Waals surface area contributed by atoms with E-state index in [1.807, 2.05) is 31.2 Å². The maximum Gasteiger partial charge on any atom is 0.322 e. The molecule has 1 spiro atoms. The lowest BCUT2D eigenvalue weighted by Crippen LogP contribution is -2.69. The number of benzene rings is 1. The number of aliphatic hydroxyl groups excluding tert-OH is 1. The highest BCUT2D eigenvalue weighted by Crippen LogP contribution is 2.66. The Morgan fingerprint density at radius 1 is 1.26 bits per heavy atom. The zero-order chi connectivity index (χ0) is 24.8. The number of fused-ring (bicyclic) bond motifs is 3. The van der Waals surface area contributed by atoms with E-state index in [2.05, 4.69) is 34.2 Å². The summed E-state index contributed by atoms with van der Waals surface area (Å²) < 4.78 is 0. The van der Waals surface area contributed by atoms with Gasteiger partial charge in [0, 0.05) is 24.5 Å². The van der Waals surface area contributed by atoms with Crippen LogP contribution in [0.4, 0.5) is 4.79 Å². The van der Waals surface area contributed by atoms with Crippen molar-refractivity contribution in [3.63, 3.8) is 0 Å². The van der Waals surface area contributed by atoms with E-state index in [1.165, 1.54) is 5.56 Å². The third-order valence-electron chi connectivity index (χ3n) is 8.78. The van der Waals surface area contributed by atoms with Crippen LogP contribution in [0.3, 0.4) is 0 Å². The predicted molar refractivity (Wildman–Crippen MR) is 134 cm³/mol. The molecule has 5 atom stereocenters. The first-order valence-electron chi connectivity index (χ1n) is 12.6. The molecule has 2 saturated carbocycles. The highest BCUT2D eigenvalue weighted by Gasteiger charge is 2.73. The first-order chi connectivity index (χ1) is 16.7. The Bertz CT molecular complexity index is 1100. The van der Waals surface area contributed by atoms with Crippen LogP contribution in [-0.4, -0.2) is 57.3 Å². The van der Waals surface area contributed by atoms with Gasteiger partial charge in [0.15, 0.2) is 0 Å². The number of imide groups is 1. The molecule has 2 heterocycles. The number of nitrogens with one attached hydrogen (secondary N) is 2. The number of hydrogen-bond acceptors (Lipinski definition) is 5. The molecular weight excluding hydrogens is 442 g/mol. The van der Waals surface area contributed by atoms with Gasteiger partial charge in [-0.1, -0.05) is 49.9 Å². The van der Waals surface area contributed by atoms with Crippen molar-refractivity contribution in [1.82, 2.24) is 15.5 Å². The summed E-state index contributed by atoms with van der Waals surface area (Å²) in [5, 5.41) is 28.2. The maximum atomic E-state index is 12.9. The topological polar surface area (TPSA) is 102 Å². The monoisotopic (exact) mass is 477 g/mol. The maximum absolute atomic E-state index is 12.9. The second-order valence-corrected chi connectivity index (χ2v) is 10.7. The van der Waals surface area contributed by atoms with Crippen LogP contribution < -0.4 is 10.6 Å². The van der Waals surface area contributed by atoms with Crippen LogP contribution >= 0.6 is 0 Å². The molecule has 2 saturated heterocycles. The number of nitrogens with zero attached hydrogens (tertiary/aromatic N) is 1. The average Bonchev–Trinajstić information content (AvgIpc) is 3.20. The minimum absolute atomic E-state index is 0.0396. The lowest BCUT2D eigenvalue weighted by Gasteiger charge is -2.57. The fourth-order valence-electron chi connectivity index (χ4n) is 7.17. The standard InChI is InChI=1S/C28H35N3O4/c1-3-4-10-22(32)15-19(2)26-16-21-17-31(14-11-20-8-6-5-7-9-20)23(21)28(26,35)13-12-27(18-26)24(33)29-25(34)30-27/h4-10,15,21,23,32,35H,2-3,11-14,16-18H2,1H3,(H2,29,30,33,34)/b10-4-,22-15+/t21?,23-,26-,27+,28-/m1/s1. The van der Waals surface area contributed by atoms with Crippen LogP contribution in [0.2, 0.25) is 0 Å². The van der Waals surface area contributed by atoms with Crippen molar-refractivity contribution in [2.75, 3.05) is 13.1 Å². The molecule has 35 heavy (non-hydrogen) atoms. The molecule has 186 valence electrons. The van der Waals surface area contributed by atoms with E-state index < -0.39 is 22.6 Å². The van der Waals surface area contributed by atoms with Crippen LogP contribution in [0.1, 0.15) is 44.6 Å². The molecule has 4 fully saturated rings. The Morgan fingerprint density at radius 2 is 2.03 bits per heavy atom. The second kappa shape index (κ2) is 8.64. The lowest BCUT2D eigenvalue weighted by molar-refractivity contribution is -0.157. The molecular formula is C28H35N3O4. The van der Waals surface area contributed by atoms with Crippen molar-refractivity contribution < 1.29 is 19.8 Å². The van der Waals surface area contributed by atoms with E-state index in [-0.39, 0.29) is 30.0 Å². The number of aliphatic hydroxyl groups is 2. The smallest absolute Gasteiger partial charge is 0.322 e. The molecule has 2 aliphatic carbocycles. The van der Waals surface area contributed by atoms with E-state index in [0.717, 1.165) is 25.9 Å². The van der Waals surface area contributed by atoms with Gasteiger partial charge in [0.05, 0.1) is 5.60 Å². The average molecular weight is 478 g/mol. The summed E-state index contributed by atoms with van der Waals surface area (Å²) in [5.74, 6) is 0.00819. The fourth-order valence-corrected chi connectivity index (χ4v) is 7.17. The van der Waals surface area contributed by atoms with Gasteiger partial charge >= 0.3 is 6.03 Å². The van der Waals surface area contributed by atoms with Crippen LogP contribution in [0, 0.1) is 11.3 Å². The van der Waals surface area contributed by atoms with Gasteiger partial charge in [-0.3, -0.25) is 15.0 Å². The summed E-state index contributed by atoms with van der Waals surface area (Å²) >= 11 is 0. The molecule has 1 aromatic rings. The van der Waals surface area contributed by atoms with Gasteiger partial charge in [-0.25, -0.2) is 4.79 Å². The van der Waals surface area contributed by atoms with Crippen molar-refractivity contribution >= 4 is 11.9 Å². The Labute approximate surface area is 206 Å². The van der Waals surface area contributed by atoms with Crippen molar-refractivity contribution in [1.29, 1.82) is 0 Å². The molecule has 3 amide bonds. The largest absolute Gasteiger partial charge is 0.508 e. The molecule has 4 N–H and O–H groups in total. The highest BCUT2D eigenvalue weighted by molar-refractivity contribution is 6.07. The molecule has 7 heteroatoms. The molecule has 1 unspecified atom stereocenters. The van der Waals surface area contributed by atoms with E-state index in [9.17, 15) is 19.8 Å². The fraction of sp³-hybridized carbons (Fsp3) is 0.500. The summed E-state index contributed by atoms with van der Waals surface area (Å²) in [6.07, 6.45) is 8.51. The van der Waals surface area contributed by atoms with Crippen molar-refractivity contribution in [2.24, 2.45) is 11.3 Å². The number of hydrogen-bond donors (Lipinski definition) is 4. The first kappa shape index (κ1) is 23.8. The van der Waals surface area contributed by atoms with Crippen molar-refractivity contribution in [3.8, 4) is 0 Å². The van der Waals surface area contributed by atoms with E-state index >= 15 is 0 Å². The van der Waals surface area contributed by atoms with E-state index in [4.69, 9.17) is 0 Å². The molecule has 7 nitrogen and oxygen atoms in total. The number of amides is 3. The molecule has 0 radical (unpaired) electrons. The number of likely N-dealkylation sites (tertiary alicyclic amines) is 1. The number of carbonyl (C=O) groups is 2. The Balaban J connectivity index is 1.46. The van der Waals surface area contributed by atoms with Gasteiger partial charge in [0.2, 0.25) is 0 Å². The Kier molecular flexibility index (Phi) is 5.88. The van der Waals surface area contributed by atoms with Crippen molar-refractivity contribution in [3.05, 3.63) is 72.0 Å². The van der Waals surface area contributed by atoms with Gasteiger partial charge in [-0.2, -0.15) is 0 Å². The summed E-state index contributed by atoms with van der Waals surface area (Å²) in [7, 11) is 0. The molecule has 5 rings (SSSR count). The van der Waals surface area contributed by atoms with E-state index in [0.29, 0.717) is 24.8 Å². The molecule has 0 aromatic heterocycles. The van der Waals surface area contributed by atoms with Gasteiger partial charge in [0.1, 0.15) is 11.3 Å². The predicted octanol–water partition coefficient (Wildman–Crippen LogP) is 3.38. The number of rotatable bonds is 7. The zero-order valence-corrected chi connectivity index (χ0v) is 20.3. The summed E-state index contributed by atoms with van der Waals surface area (Å²) in [5.41, 5.74) is -1.12. The zero-order valence-electron chi connectivity index (χ0n) is 20.3. The highest BCUT2D eigenvalue weighted by atomic mass is 16.3. The van der Waals surface area contributed by atoms with Gasteiger partial charge in [0.25, 0.3) is 5.91 Å². The number of allylic oxidation sites excluding steroid dienone is 3. The first-order valence-corrected chi connectivity index (χ1v) is 12.6. The Hall–Kier alpha value is -2.90. The van der Waals surface area contributed by atoms with Crippen LogP contribution in [-0.2, 0) is 11.2 Å². The normalized spacial score (nSPS) is 36.6. The minimum Gasteiger partial charge on any atom is -0.508 e. The molecule has 2 aliphatic heterocycles. The van der Waals surface area contributed by atoms with Crippen LogP contribution in [0.25, 0.3) is 0 Å². The molecule has 4 aliphatic rings. The third-order valence-corrected chi connectivity index (χ3v) is 8.78. The second-order valence-electron chi connectivity index (χ2n) is 10.7. The Morgan fingerprint density at radius 3 is 2.71 bits per heavy atom. The summed E-state index contributed by atoms with van der Waals surface area (Å²) in [4.78, 5) is 27.3. The van der Waals surface area contributed by atoms with Crippen LogP contribution in [0.15, 0.2) is 66.5 Å². The lowest BCUT2D eigenvalue weighted by atomic mass is 9.55. The SMILES string of the molecule is C=C(/C=C(O)\C=C/CC)[C@]12CC3CN(CCc4ccccc4)[C@H]3[C@]1(O)CC[C@@]1(C2)NC(=O)NC1=O. The van der Waals surface area contributed by atoms with Gasteiger partial charge in [-0.15, -0.1) is 0 Å². The number of carbonyl (C=O) groups excluding carboxylic acids is 2. The third kappa shape index (κ3) is 3.72. The molecule has 1 aromatic carbocycles.